The number of hydrogen-bond donors (Lipinski definition) is 0. The van der Waals surface area contributed by atoms with Crippen LogP contribution in [0, 0.1) is 0 Å². The van der Waals surface area contributed by atoms with Gasteiger partial charge in [-0.25, -0.2) is 9.97 Å². The molecule has 0 saturated carbocycles. The predicted octanol–water partition coefficient (Wildman–Crippen LogP) is 3.01. The zero-order valence-corrected chi connectivity index (χ0v) is 14.2. The molecule has 0 radical (unpaired) electrons. The summed E-state index contributed by atoms with van der Waals surface area (Å²) in [7, 11) is 3.79. The molecule has 1 unspecified atom stereocenters. The first-order valence-corrected chi connectivity index (χ1v) is 8.57. The number of hydrogen-bond acceptors (Lipinski definition) is 6. The molecular weight excluding hydrogens is 296 g/mol. The first-order chi connectivity index (χ1) is 10.7. The molecule has 2 heterocycles. The second kappa shape index (κ2) is 6.71. The van der Waals surface area contributed by atoms with E-state index >= 15 is 0 Å². The van der Waals surface area contributed by atoms with E-state index in [2.05, 4.69) is 28.8 Å². The van der Waals surface area contributed by atoms with Gasteiger partial charge in [0.05, 0.1) is 17.8 Å². The third-order valence-electron chi connectivity index (χ3n) is 4.13. The van der Waals surface area contributed by atoms with Crippen molar-refractivity contribution in [2.75, 3.05) is 14.2 Å². The maximum Gasteiger partial charge on any atom is 0.236 e. The Bertz CT molecular complexity index is 643. The van der Waals surface area contributed by atoms with Gasteiger partial charge in [0.2, 0.25) is 5.88 Å². The second-order valence-corrected chi connectivity index (χ2v) is 6.72. The average molecular weight is 318 g/mol. The van der Waals surface area contributed by atoms with Gasteiger partial charge in [0.15, 0.2) is 0 Å². The molecule has 22 heavy (non-hydrogen) atoms. The fraction of sp³-hybridized carbons (Fsp3) is 0.562. The van der Waals surface area contributed by atoms with Crippen LogP contribution in [0.5, 0.6) is 5.88 Å². The van der Waals surface area contributed by atoms with Crippen LogP contribution in [-0.4, -0.2) is 34.0 Å². The van der Waals surface area contributed by atoms with Crippen molar-refractivity contribution in [3.63, 3.8) is 0 Å². The van der Waals surface area contributed by atoms with E-state index in [-0.39, 0.29) is 0 Å². The van der Waals surface area contributed by atoms with Gasteiger partial charge in [0.25, 0.3) is 0 Å². The number of methoxy groups -OCH3 is 1. The molecule has 0 N–H and O–H groups in total. The first-order valence-electron chi connectivity index (χ1n) is 7.75. The minimum atomic E-state index is 0.424. The number of fused-ring (bicyclic) bond motifs is 1. The smallest absolute Gasteiger partial charge is 0.236 e. The fourth-order valence-electron chi connectivity index (χ4n) is 3.00. The molecule has 5 nitrogen and oxygen atoms in total. The van der Waals surface area contributed by atoms with Crippen molar-refractivity contribution in [1.82, 2.24) is 19.9 Å². The highest BCUT2D eigenvalue weighted by atomic mass is 32.1. The lowest BCUT2D eigenvalue weighted by Crippen LogP contribution is -2.27. The molecule has 0 bridgehead atoms. The Labute approximate surface area is 135 Å². The van der Waals surface area contributed by atoms with E-state index in [0.29, 0.717) is 11.9 Å². The van der Waals surface area contributed by atoms with Gasteiger partial charge in [-0.15, -0.1) is 11.3 Å². The highest BCUT2D eigenvalue weighted by molar-refractivity contribution is 7.11. The molecule has 0 spiro atoms. The summed E-state index contributed by atoms with van der Waals surface area (Å²) in [5.74, 6) is 0.615. The lowest BCUT2D eigenvalue weighted by molar-refractivity contribution is 0.210. The largest absolute Gasteiger partial charge is 0.480 e. The summed E-state index contributed by atoms with van der Waals surface area (Å²) in [5, 5.41) is 1.25. The van der Waals surface area contributed by atoms with E-state index in [1.165, 1.54) is 28.4 Å². The SMILES string of the molecule is CCc1nc2c(s1)C(N(C)Cc1nccnc1OC)CCC2. The van der Waals surface area contributed by atoms with Crippen LogP contribution in [0.3, 0.4) is 0 Å². The molecule has 1 atom stereocenters. The molecule has 0 fully saturated rings. The highest BCUT2D eigenvalue weighted by Crippen LogP contribution is 2.38. The van der Waals surface area contributed by atoms with E-state index in [9.17, 15) is 0 Å². The van der Waals surface area contributed by atoms with Gasteiger partial charge in [0, 0.05) is 29.9 Å². The molecule has 0 aromatic carbocycles. The number of thiazole rings is 1. The summed E-state index contributed by atoms with van der Waals surface area (Å²) in [6.45, 7) is 2.91. The van der Waals surface area contributed by atoms with Gasteiger partial charge < -0.3 is 4.74 Å². The van der Waals surface area contributed by atoms with Crippen LogP contribution in [0.1, 0.15) is 47.1 Å². The van der Waals surface area contributed by atoms with Crippen molar-refractivity contribution in [3.8, 4) is 5.88 Å². The molecule has 2 aromatic rings. The van der Waals surface area contributed by atoms with Gasteiger partial charge in [-0.3, -0.25) is 9.88 Å². The standard InChI is InChI=1S/C16H22N4OS/c1-4-14-19-11-6-5-7-13(15(11)22-14)20(2)10-12-16(21-3)18-9-8-17-12/h8-9,13H,4-7,10H2,1-3H3. The van der Waals surface area contributed by atoms with Crippen LogP contribution in [0.25, 0.3) is 0 Å². The lowest BCUT2D eigenvalue weighted by atomic mass is 9.97. The van der Waals surface area contributed by atoms with E-state index in [0.717, 1.165) is 25.1 Å². The van der Waals surface area contributed by atoms with Gasteiger partial charge in [0.1, 0.15) is 5.69 Å². The fourth-order valence-corrected chi connectivity index (χ4v) is 4.25. The number of nitrogens with zero attached hydrogens (tertiary/aromatic N) is 4. The first kappa shape index (κ1) is 15.4. The normalized spacial score (nSPS) is 17.5. The van der Waals surface area contributed by atoms with Crippen molar-refractivity contribution in [3.05, 3.63) is 33.7 Å². The molecule has 0 saturated heterocycles. The minimum absolute atomic E-state index is 0.424. The number of aryl methyl sites for hydroxylation is 2. The molecule has 118 valence electrons. The Hall–Kier alpha value is -1.53. The molecular formula is C16H22N4OS. The van der Waals surface area contributed by atoms with Crippen LogP contribution in [0.2, 0.25) is 0 Å². The molecule has 0 aliphatic heterocycles. The summed E-state index contributed by atoms with van der Waals surface area (Å²) < 4.78 is 5.31. The number of rotatable bonds is 5. The average Bonchev–Trinajstić information content (AvgIpc) is 2.98. The molecule has 1 aliphatic rings. The third-order valence-corrected chi connectivity index (χ3v) is 5.47. The maximum atomic E-state index is 5.31. The summed E-state index contributed by atoms with van der Waals surface area (Å²) in [5.41, 5.74) is 2.19. The van der Waals surface area contributed by atoms with E-state index in [4.69, 9.17) is 9.72 Å². The van der Waals surface area contributed by atoms with Gasteiger partial charge in [-0.05, 0) is 32.7 Å². The van der Waals surface area contributed by atoms with Crippen molar-refractivity contribution >= 4 is 11.3 Å². The zero-order chi connectivity index (χ0) is 15.5. The monoisotopic (exact) mass is 318 g/mol. The van der Waals surface area contributed by atoms with Crippen molar-refractivity contribution < 1.29 is 4.74 Å². The highest BCUT2D eigenvalue weighted by Gasteiger charge is 2.28. The second-order valence-electron chi connectivity index (χ2n) is 5.61. The van der Waals surface area contributed by atoms with E-state index in [1.807, 2.05) is 11.3 Å². The van der Waals surface area contributed by atoms with E-state index in [1.54, 1.807) is 19.5 Å². The van der Waals surface area contributed by atoms with Crippen molar-refractivity contribution in [2.24, 2.45) is 0 Å². The summed E-state index contributed by atoms with van der Waals surface area (Å²) >= 11 is 1.87. The Morgan fingerprint density at radius 3 is 2.95 bits per heavy atom. The molecule has 2 aromatic heterocycles. The Morgan fingerprint density at radius 2 is 2.18 bits per heavy atom. The summed E-state index contributed by atoms with van der Waals surface area (Å²) in [6, 6.07) is 0.424. The summed E-state index contributed by atoms with van der Waals surface area (Å²) in [4.78, 5) is 17.2. The van der Waals surface area contributed by atoms with E-state index < -0.39 is 0 Å². The summed E-state index contributed by atoms with van der Waals surface area (Å²) in [6.07, 6.45) is 7.90. The van der Waals surface area contributed by atoms with Crippen LogP contribution in [0.15, 0.2) is 12.4 Å². The Balaban J connectivity index is 1.81. The van der Waals surface area contributed by atoms with Gasteiger partial charge in [-0.1, -0.05) is 6.92 Å². The molecule has 1 aliphatic carbocycles. The molecule has 6 heteroatoms. The maximum absolute atomic E-state index is 5.31. The number of aromatic nitrogens is 3. The van der Waals surface area contributed by atoms with Crippen molar-refractivity contribution in [1.29, 1.82) is 0 Å². The third kappa shape index (κ3) is 2.98. The Morgan fingerprint density at radius 1 is 1.36 bits per heavy atom. The lowest BCUT2D eigenvalue weighted by Gasteiger charge is -2.30. The van der Waals surface area contributed by atoms with Crippen LogP contribution < -0.4 is 4.74 Å². The van der Waals surface area contributed by atoms with Gasteiger partial charge in [-0.2, -0.15) is 0 Å². The predicted molar refractivity (Wildman–Crippen MR) is 87.2 cm³/mol. The van der Waals surface area contributed by atoms with Crippen molar-refractivity contribution in [2.45, 2.75) is 45.2 Å². The quantitative estimate of drug-likeness (QED) is 0.848. The minimum Gasteiger partial charge on any atom is -0.480 e. The van der Waals surface area contributed by atoms with Gasteiger partial charge >= 0.3 is 0 Å². The topological polar surface area (TPSA) is 51.1 Å². The zero-order valence-electron chi connectivity index (χ0n) is 13.4. The Kier molecular flexibility index (Phi) is 4.69. The molecule has 0 amide bonds. The van der Waals surface area contributed by atoms with Crippen LogP contribution in [-0.2, 0) is 19.4 Å². The van der Waals surface area contributed by atoms with Crippen LogP contribution in [0.4, 0.5) is 0 Å². The van der Waals surface area contributed by atoms with Crippen LogP contribution >= 0.6 is 11.3 Å². The number of ether oxygens (including phenoxy) is 1. The molecule has 3 rings (SSSR count).